The van der Waals surface area contributed by atoms with Crippen LogP contribution in [0.3, 0.4) is 0 Å². The molecule has 5 nitrogen and oxygen atoms in total. The number of carbonyl (C=O) groups is 3. The van der Waals surface area contributed by atoms with Crippen molar-refractivity contribution in [1.29, 1.82) is 0 Å². The maximum absolute atomic E-state index is 11.8. The van der Waals surface area contributed by atoms with Crippen LogP contribution in [0.25, 0.3) is 0 Å². The topological polar surface area (TPSA) is 75.3 Å². The van der Waals surface area contributed by atoms with Crippen molar-refractivity contribution in [1.82, 2.24) is 5.32 Å². The quantitative estimate of drug-likeness (QED) is 0.653. The van der Waals surface area contributed by atoms with E-state index in [-0.39, 0.29) is 11.8 Å². The van der Waals surface area contributed by atoms with Crippen LogP contribution in [-0.2, 0) is 9.59 Å². The van der Waals surface area contributed by atoms with Gasteiger partial charge < -0.3 is 10.6 Å². The Morgan fingerprint density at radius 1 is 1.10 bits per heavy atom. The lowest BCUT2D eigenvalue weighted by atomic mass is 10.1. The minimum Gasteiger partial charge on any atom is -0.345 e. The van der Waals surface area contributed by atoms with Crippen LogP contribution in [0.1, 0.15) is 43.0 Å². The van der Waals surface area contributed by atoms with E-state index < -0.39 is 11.8 Å². The molecular weight excluding hydrogens is 256 g/mol. The highest BCUT2D eigenvalue weighted by atomic mass is 16.2. The summed E-state index contributed by atoms with van der Waals surface area (Å²) in [6.07, 6.45) is 4.04. The van der Waals surface area contributed by atoms with Crippen LogP contribution < -0.4 is 10.6 Å². The van der Waals surface area contributed by atoms with E-state index in [9.17, 15) is 14.4 Å². The molecule has 0 aromatic heterocycles. The maximum atomic E-state index is 11.8. The first-order chi connectivity index (χ1) is 9.56. The number of rotatable bonds is 3. The van der Waals surface area contributed by atoms with Gasteiger partial charge >= 0.3 is 11.8 Å². The molecular formula is C15H18N2O3. The largest absolute Gasteiger partial charge is 0.345 e. The van der Waals surface area contributed by atoms with Crippen molar-refractivity contribution in [2.75, 3.05) is 5.32 Å². The summed E-state index contributed by atoms with van der Waals surface area (Å²) in [6.45, 7) is 1.45. The van der Waals surface area contributed by atoms with Gasteiger partial charge in [0.2, 0.25) is 0 Å². The molecule has 0 aliphatic heterocycles. The molecule has 1 aliphatic carbocycles. The lowest BCUT2D eigenvalue weighted by Gasteiger charge is -2.11. The van der Waals surface area contributed by atoms with Gasteiger partial charge in [-0.1, -0.05) is 25.0 Å². The first kappa shape index (κ1) is 14.2. The lowest BCUT2D eigenvalue weighted by Crippen LogP contribution is -2.40. The Kier molecular flexibility index (Phi) is 4.50. The zero-order chi connectivity index (χ0) is 14.5. The van der Waals surface area contributed by atoms with E-state index >= 15 is 0 Å². The van der Waals surface area contributed by atoms with Gasteiger partial charge in [-0.05, 0) is 31.9 Å². The number of nitrogens with one attached hydrogen (secondary N) is 2. The summed E-state index contributed by atoms with van der Waals surface area (Å²) >= 11 is 0. The molecule has 1 saturated carbocycles. The lowest BCUT2D eigenvalue weighted by molar-refractivity contribution is -0.136. The van der Waals surface area contributed by atoms with Crippen molar-refractivity contribution in [3.8, 4) is 0 Å². The van der Waals surface area contributed by atoms with E-state index in [1.54, 1.807) is 24.3 Å². The fraction of sp³-hybridized carbons (Fsp3) is 0.400. The Morgan fingerprint density at radius 2 is 1.80 bits per heavy atom. The maximum Gasteiger partial charge on any atom is 0.313 e. The minimum atomic E-state index is -0.697. The summed E-state index contributed by atoms with van der Waals surface area (Å²) in [5.41, 5.74) is 0.947. The average Bonchev–Trinajstić information content (AvgIpc) is 2.91. The van der Waals surface area contributed by atoms with E-state index in [1.807, 2.05) is 0 Å². The summed E-state index contributed by atoms with van der Waals surface area (Å²) in [6, 6.07) is 6.64. The summed E-state index contributed by atoms with van der Waals surface area (Å²) in [4.78, 5) is 34.8. The van der Waals surface area contributed by atoms with E-state index in [2.05, 4.69) is 10.6 Å². The number of hydrogen-bond donors (Lipinski definition) is 2. The summed E-state index contributed by atoms with van der Waals surface area (Å²) in [5.74, 6) is -1.40. The molecule has 0 bridgehead atoms. The van der Waals surface area contributed by atoms with E-state index in [1.165, 1.54) is 6.92 Å². The molecule has 0 heterocycles. The Bertz CT molecular complexity index is 534. The standard InChI is InChI=1S/C15H18N2O3/c1-10(18)11-5-4-8-13(9-11)17-15(20)14(19)16-12-6-2-3-7-12/h4-5,8-9,12H,2-3,6-7H2,1H3,(H,16,19)(H,17,20). The zero-order valence-electron chi connectivity index (χ0n) is 11.4. The molecule has 2 N–H and O–H groups in total. The third-order valence-electron chi connectivity index (χ3n) is 3.42. The molecule has 106 valence electrons. The number of ketones is 1. The predicted molar refractivity (Wildman–Crippen MR) is 75.5 cm³/mol. The van der Waals surface area contributed by atoms with Crippen molar-refractivity contribution < 1.29 is 14.4 Å². The Hall–Kier alpha value is -2.17. The van der Waals surface area contributed by atoms with Crippen molar-refractivity contribution in [3.05, 3.63) is 29.8 Å². The Morgan fingerprint density at radius 3 is 2.45 bits per heavy atom. The second kappa shape index (κ2) is 6.32. The van der Waals surface area contributed by atoms with Gasteiger partial charge in [-0.15, -0.1) is 0 Å². The molecule has 1 aromatic carbocycles. The van der Waals surface area contributed by atoms with Crippen LogP contribution in [0.4, 0.5) is 5.69 Å². The molecule has 0 saturated heterocycles. The van der Waals surface area contributed by atoms with Gasteiger partial charge in [-0.3, -0.25) is 14.4 Å². The zero-order valence-corrected chi connectivity index (χ0v) is 11.4. The molecule has 20 heavy (non-hydrogen) atoms. The minimum absolute atomic E-state index is 0.0866. The van der Waals surface area contributed by atoms with Gasteiger partial charge in [0.15, 0.2) is 5.78 Å². The average molecular weight is 274 g/mol. The molecule has 1 aliphatic rings. The number of benzene rings is 1. The highest BCUT2D eigenvalue weighted by Crippen LogP contribution is 2.17. The molecule has 0 radical (unpaired) electrons. The molecule has 2 amide bonds. The molecule has 0 spiro atoms. The molecule has 2 rings (SSSR count). The van der Waals surface area contributed by atoms with E-state index in [0.717, 1.165) is 25.7 Å². The van der Waals surface area contributed by atoms with E-state index in [0.29, 0.717) is 11.3 Å². The van der Waals surface area contributed by atoms with Crippen molar-refractivity contribution >= 4 is 23.3 Å². The van der Waals surface area contributed by atoms with Crippen LogP contribution in [0.2, 0.25) is 0 Å². The molecule has 0 unspecified atom stereocenters. The van der Waals surface area contributed by atoms with Crippen LogP contribution in [0, 0.1) is 0 Å². The highest BCUT2D eigenvalue weighted by molar-refractivity contribution is 6.39. The van der Waals surface area contributed by atoms with Gasteiger partial charge in [0.1, 0.15) is 0 Å². The highest BCUT2D eigenvalue weighted by Gasteiger charge is 2.21. The third kappa shape index (κ3) is 3.66. The fourth-order valence-corrected chi connectivity index (χ4v) is 2.32. The number of hydrogen-bond acceptors (Lipinski definition) is 3. The molecule has 1 fully saturated rings. The first-order valence-electron chi connectivity index (χ1n) is 6.79. The van der Waals surface area contributed by atoms with Crippen LogP contribution in [0.15, 0.2) is 24.3 Å². The normalized spacial score (nSPS) is 14.8. The van der Waals surface area contributed by atoms with Gasteiger partial charge in [0, 0.05) is 17.3 Å². The van der Waals surface area contributed by atoms with Crippen LogP contribution in [0.5, 0.6) is 0 Å². The second-order valence-electron chi connectivity index (χ2n) is 5.05. The summed E-state index contributed by atoms with van der Waals surface area (Å²) in [7, 11) is 0. The Labute approximate surface area is 117 Å². The first-order valence-corrected chi connectivity index (χ1v) is 6.79. The fourth-order valence-electron chi connectivity index (χ4n) is 2.32. The smallest absolute Gasteiger partial charge is 0.313 e. The molecule has 5 heteroatoms. The number of amides is 2. The molecule has 0 atom stereocenters. The summed E-state index contributed by atoms with van der Waals surface area (Å²) in [5, 5.41) is 5.23. The number of Topliss-reactive ketones (excluding diaryl/α,β-unsaturated/α-hetero) is 1. The van der Waals surface area contributed by atoms with Crippen molar-refractivity contribution in [3.63, 3.8) is 0 Å². The summed E-state index contributed by atoms with van der Waals surface area (Å²) < 4.78 is 0. The number of anilines is 1. The van der Waals surface area contributed by atoms with Gasteiger partial charge in [-0.25, -0.2) is 0 Å². The Balaban J connectivity index is 1.94. The van der Waals surface area contributed by atoms with Gasteiger partial charge in [0.05, 0.1) is 0 Å². The van der Waals surface area contributed by atoms with Gasteiger partial charge in [-0.2, -0.15) is 0 Å². The molecule has 1 aromatic rings. The van der Waals surface area contributed by atoms with Crippen LogP contribution in [-0.4, -0.2) is 23.6 Å². The monoisotopic (exact) mass is 274 g/mol. The third-order valence-corrected chi connectivity index (χ3v) is 3.42. The SMILES string of the molecule is CC(=O)c1cccc(NC(=O)C(=O)NC2CCCC2)c1. The van der Waals surface area contributed by atoms with Crippen molar-refractivity contribution in [2.45, 2.75) is 38.6 Å². The van der Waals surface area contributed by atoms with Crippen molar-refractivity contribution in [2.24, 2.45) is 0 Å². The van der Waals surface area contributed by atoms with E-state index in [4.69, 9.17) is 0 Å². The van der Waals surface area contributed by atoms with Crippen LogP contribution >= 0.6 is 0 Å². The second-order valence-corrected chi connectivity index (χ2v) is 5.05. The predicted octanol–water partition coefficient (Wildman–Crippen LogP) is 1.89. The van der Waals surface area contributed by atoms with Gasteiger partial charge in [0.25, 0.3) is 0 Å². The number of carbonyl (C=O) groups excluding carboxylic acids is 3.